The van der Waals surface area contributed by atoms with Crippen molar-refractivity contribution in [2.75, 3.05) is 6.54 Å². The molecule has 1 aliphatic rings. The van der Waals surface area contributed by atoms with Gasteiger partial charge >= 0.3 is 6.03 Å². The molecule has 4 rings (SSSR count). The summed E-state index contributed by atoms with van der Waals surface area (Å²) in [5, 5.41) is 7.16. The first-order chi connectivity index (χ1) is 15.0. The monoisotopic (exact) mass is 438 g/mol. The molecule has 1 atom stereocenters. The van der Waals surface area contributed by atoms with E-state index in [0.717, 1.165) is 22.0 Å². The average molecular weight is 439 g/mol. The molecular weight excluding hydrogens is 416 g/mol. The van der Waals surface area contributed by atoms with E-state index in [1.807, 2.05) is 48.7 Å². The average Bonchev–Trinajstić information content (AvgIpc) is 3.30. The number of fused-ring (bicyclic) bond motifs is 1. The van der Waals surface area contributed by atoms with Crippen molar-refractivity contribution < 1.29 is 14.4 Å². The van der Waals surface area contributed by atoms with Gasteiger partial charge in [0.25, 0.3) is 5.91 Å². The number of H-pyrrole nitrogens is 1. The summed E-state index contributed by atoms with van der Waals surface area (Å²) >= 11 is 6.09. The molecule has 2 aromatic carbocycles. The van der Waals surface area contributed by atoms with E-state index in [-0.39, 0.29) is 24.7 Å². The molecule has 8 heteroatoms. The summed E-state index contributed by atoms with van der Waals surface area (Å²) in [7, 11) is 0. The summed E-state index contributed by atoms with van der Waals surface area (Å²) in [5.74, 6) is -0.483. The van der Waals surface area contributed by atoms with Gasteiger partial charge in [-0.1, -0.05) is 48.0 Å². The van der Waals surface area contributed by atoms with E-state index >= 15 is 0 Å². The maximum Gasteiger partial charge on any atom is 0.324 e. The van der Waals surface area contributed by atoms with Gasteiger partial charge in [-0.05, 0) is 36.1 Å². The molecule has 3 N–H and O–H groups in total. The fourth-order valence-corrected chi connectivity index (χ4v) is 3.96. The summed E-state index contributed by atoms with van der Waals surface area (Å²) in [6, 6.07) is 14.1. The second-order valence-electron chi connectivity index (χ2n) is 7.51. The highest BCUT2D eigenvalue weighted by atomic mass is 35.5. The molecule has 0 unspecified atom stereocenters. The first-order valence-corrected chi connectivity index (χ1v) is 10.6. The molecule has 0 radical (unpaired) electrons. The van der Waals surface area contributed by atoms with Crippen LogP contribution < -0.4 is 10.6 Å². The Kier molecular flexibility index (Phi) is 6.23. The quantitative estimate of drug-likeness (QED) is 0.470. The Balaban J connectivity index is 1.27. The lowest BCUT2D eigenvalue weighted by Gasteiger charge is -2.13. The summed E-state index contributed by atoms with van der Waals surface area (Å²) < 4.78 is 0. The SMILES string of the molecule is O=C(CC[C@H]1NC(=O)N(CCc2c[nH]c3ccccc23)C1=O)NCc1ccccc1Cl. The van der Waals surface area contributed by atoms with Gasteiger partial charge in [0.05, 0.1) is 0 Å². The fourth-order valence-electron chi connectivity index (χ4n) is 3.75. The van der Waals surface area contributed by atoms with Gasteiger partial charge in [-0.15, -0.1) is 0 Å². The van der Waals surface area contributed by atoms with Crippen molar-refractivity contribution in [3.05, 3.63) is 70.9 Å². The highest BCUT2D eigenvalue weighted by Crippen LogP contribution is 2.20. The fraction of sp³-hybridized carbons (Fsp3) is 0.261. The Morgan fingerprint density at radius 2 is 1.84 bits per heavy atom. The number of amides is 4. The van der Waals surface area contributed by atoms with Crippen LogP contribution in [0.15, 0.2) is 54.7 Å². The molecule has 1 fully saturated rings. The maximum atomic E-state index is 12.7. The zero-order chi connectivity index (χ0) is 21.8. The minimum absolute atomic E-state index is 0.136. The minimum Gasteiger partial charge on any atom is -0.361 e. The van der Waals surface area contributed by atoms with Crippen molar-refractivity contribution >= 4 is 40.3 Å². The van der Waals surface area contributed by atoms with Crippen LogP contribution in [0.25, 0.3) is 10.9 Å². The Hall–Kier alpha value is -3.32. The number of aromatic amines is 1. The van der Waals surface area contributed by atoms with Crippen molar-refractivity contribution in [3.63, 3.8) is 0 Å². The number of rotatable bonds is 8. The van der Waals surface area contributed by atoms with Crippen LogP contribution >= 0.6 is 11.6 Å². The van der Waals surface area contributed by atoms with Crippen LogP contribution in [0.5, 0.6) is 0 Å². The third-order valence-electron chi connectivity index (χ3n) is 5.48. The first kappa shape index (κ1) is 20.9. The third-order valence-corrected chi connectivity index (χ3v) is 5.85. The van der Waals surface area contributed by atoms with Gasteiger partial charge in [-0.3, -0.25) is 14.5 Å². The molecule has 7 nitrogen and oxygen atoms in total. The first-order valence-electron chi connectivity index (χ1n) is 10.2. The van der Waals surface area contributed by atoms with E-state index in [4.69, 9.17) is 11.6 Å². The number of nitrogens with one attached hydrogen (secondary N) is 3. The van der Waals surface area contributed by atoms with E-state index < -0.39 is 12.1 Å². The lowest BCUT2D eigenvalue weighted by Crippen LogP contribution is -2.33. The number of halogens is 1. The van der Waals surface area contributed by atoms with Crippen LogP contribution in [-0.2, 0) is 22.6 Å². The van der Waals surface area contributed by atoms with Crippen LogP contribution in [-0.4, -0.2) is 40.3 Å². The van der Waals surface area contributed by atoms with E-state index in [1.54, 1.807) is 6.07 Å². The van der Waals surface area contributed by atoms with E-state index in [0.29, 0.717) is 24.5 Å². The molecule has 3 aromatic rings. The number of urea groups is 1. The molecule has 160 valence electrons. The van der Waals surface area contributed by atoms with E-state index in [2.05, 4.69) is 15.6 Å². The zero-order valence-electron chi connectivity index (χ0n) is 16.9. The smallest absolute Gasteiger partial charge is 0.324 e. The molecule has 4 amide bonds. The van der Waals surface area contributed by atoms with E-state index in [1.165, 1.54) is 4.90 Å². The number of imide groups is 1. The van der Waals surface area contributed by atoms with Crippen LogP contribution in [0.3, 0.4) is 0 Å². The predicted molar refractivity (Wildman–Crippen MR) is 119 cm³/mol. The van der Waals surface area contributed by atoms with Crippen LogP contribution in [0, 0.1) is 0 Å². The number of aromatic nitrogens is 1. The number of carbonyl (C=O) groups is 3. The third kappa shape index (κ3) is 4.72. The molecule has 0 saturated carbocycles. The summed E-state index contributed by atoms with van der Waals surface area (Å²) in [4.78, 5) is 41.5. The van der Waals surface area contributed by atoms with Gasteiger partial charge in [0.1, 0.15) is 6.04 Å². The second kappa shape index (κ2) is 9.22. The number of carbonyl (C=O) groups excluding carboxylic acids is 3. The highest BCUT2D eigenvalue weighted by Gasteiger charge is 2.37. The molecule has 2 heterocycles. The Morgan fingerprint density at radius 1 is 1.06 bits per heavy atom. The van der Waals surface area contributed by atoms with Gasteiger partial charge in [-0.2, -0.15) is 0 Å². The number of hydrogen-bond acceptors (Lipinski definition) is 3. The number of hydrogen-bond donors (Lipinski definition) is 3. The summed E-state index contributed by atoms with van der Waals surface area (Å²) in [6.07, 6.45) is 2.86. The van der Waals surface area contributed by atoms with Gasteiger partial charge in [0.2, 0.25) is 5.91 Å². The molecule has 0 bridgehead atoms. The molecule has 31 heavy (non-hydrogen) atoms. The Bertz CT molecular complexity index is 1130. The number of para-hydroxylation sites is 1. The topological polar surface area (TPSA) is 94.3 Å². The molecule has 0 aliphatic carbocycles. The van der Waals surface area contributed by atoms with E-state index in [9.17, 15) is 14.4 Å². The Labute approximate surface area is 184 Å². The van der Waals surface area contributed by atoms with Crippen molar-refractivity contribution in [3.8, 4) is 0 Å². The molecular formula is C23H23ClN4O3. The minimum atomic E-state index is -0.679. The lowest BCUT2D eigenvalue weighted by molar-refractivity contribution is -0.127. The van der Waals surface area contributed by atoms with Crippen LogP contribution in [0.4, 0.5) is 4.79 Å². The Morgan fingerprint density at radius 3 is 2.68 bits per heavy atom. The molecule has 0 spiro atoms. The lowest BCUT2D eigenvalue weighted by atomic mass is 10.1. The summed E-state index contributed by atoms with van der Waals surface area (Å²) in [5.41, 5.74) is 2.90. The number of benzene rings is 2. The standard InChI is InChI=1S/C23H23ClN4O3/c24-18-7-3-1-5-16(18)14-26-21(29)10-9-20-22(30)28(23(31)27-20)12-11-15-13-25-19-8-4-2-6-17(15)19/h1-8,13,20,25H,9-12,14H2,(H,26,29)(H,27,31)/t20-/m1/s1. The van der Waals surface area contributed by atoms with Gasteiger partial charge in [0.15, 0.2) is 0 Å². The predicted octanol–water partition coefficient (Wildman–Crippen LogP) is 3.38. The van der Waals surface area contributed by atoms with Gasteiger partial charge in [0, 0.05) is 41.6 Å². The largest absolute Gasteiger partial charge is 0.361 e. The van der Waals surface area contributed by atoms with Gasteiger partial charge < -0.3 is 15.6 Å². The number of nitrogens with zero attached hydrogens (tertiary/aromatic N) is 1. The molecule has 1 aliphatic heterocycles. The summed E-state index contributed by atoms with van der Waals surface area (Å²) in [6.45, 7) is 0.613. The van der Waals surface area contributed by atoms with Crippen LogP contribution in [0.2, 0.25) is 5.02 Å². The second-order valence-corrected chi connectivity index (χ2v) is 7.92. The van der Waals surface area contributed by atoms with Crippen molar-refractivity contribution in [1.82, 2.24) is 20.5 Å². The molecule has 1 saturated heterocycles. The van der Waals surface area contributed by atoms with Crippen molar-refractivity contribution in [2.45, 2.75) is 31.8 Å². The molecule has 1 aromatic heterocycles. The zero-order valence-corrected chi connectivity index (χ0v) is 17.6. The maximum absolute atomic E-state index is 12.7. The van der Waals surface area contributed by atoms with Crippen molar-refractivity contribution in [1.29, 1.82) is 0 Å². The highest BCUT2D eigenvalue weighted by molar-refractivity contribution is 6.31. The van der Waals surface area contributed by atoms with Crippen molar-refractivity contribution in [2.24, 2.45) is 0 Å². The van der Waals surface area contributed by atoms with Gasteiger partial charge in [-0.25, -0.2) is 4.79 Å². The normalized spacial score (nSPS) is 16.0. The van der Waals surface area contributed by atoms with Crippen LogP contribution in [0.1, 0.15) is 24.0 Å².